The van der Waals surface area contributed by atoms with Gasteiger partial charge in [0, 0.05) is 30.8 Å². The number of aryl methyl sites for hydroxylation is 1. The first-order valence-electron chi connectivity index (χ1n) is 8.72. The minimum atomic E-state index is 0.0602. The first-order valence-corrected chi connectivity index (χ1v) is 8.72. The zero-order chi connectivity index (χ0) is 16.4. The average Bonchev–Trinajstić information content (AvgIpc) is 2.94. The van der Waals surface area contributed by atoms with Crippen LogP contribution in [0.3, 0.4) is 0 Å². The maximum absolute atomic E-state index is 12.7. The van der Waals surface area contributed by atoms with E-state index in [4.69, 9.17) is 0 Å². The summed E-state index contributed by atoms with van der Waals surface area (Å²) in [6.07, 6.45) is 8.36. The number of urea groups is 1. The highest BCUT2D eigenvalue weighted by Crippen LogP contribution is 2.42. The van der Waals surface area contributed by atoms with Gasteiger partial charge in [-0.25, -0.2) is 14.8 Å². The number of carbonyl (C=O) groups excluding carboxylic acids is 1. The zero-order valence-corrected chi connectivity index (χ0v) is 13.7. The zero-order valence-electron chi connectivity index (χ0n) is 13.7. The van der Waals surface area contributed by atoms with Crippen LogP contribution in [0, 0.1) is 0 Å². The number of hydrogen-bond donors (Lipinski definition) is 1. The van der Waals surface area contributed by atoms with Gasteiger partial charge in [-0.3, -0.25) is 0 Å². The molecule has 2 amide bonds. The van der Waals surface area contributed by atoms with Gasteiger partial charge in [-0.15, -0.1) is 0 Å². The normalized spacial score (nSPS) is 21.4. The molecule has 1 saturated heterocycles. The molecule has 0 aliphatic carbocycles. The smallest absolute Gasteiger partial charge is 0.318 e. The second-order valence-corrected chi connectivity index (χ2v) is 6.60. The number of nitrogens with one attached hydrogen (secondary N) is 1. The summed E-state index contributed by atoms with van der Waals surface area (Å²) in [5, 5.41) is 3.10. The summed E-state index contributed by atoms with van der Waals surface area (Å²) in [6, 6.07) is 10.9. The molecule has 1 N–H and O–H groups in total. The van der Waals surface area contributed by atoms with E-state index in [0.717, 1.165) is 43.4 Å². The number of amides is 2. The fourth-order valence-corrected chi connectivity index (χ4v) is 3.96. The summed E-state index contributed by atoms with van der Waals surface area (Å²) in [5.74, 6) is 0. The number of benzene rings is 1. The quantitative estimate of drug-likeness (QED) is 0.881. The van der Waals surface area contributed by atoms with E-state index in [1.807, 2.05) is 17.2 Å². The van der Waals surface area contributed by atoms with Crippen molar-refractivity contribution in [3.8, 4) is 0 Å². The Balaban J connectivity index is 1.34. The topological polar surface area (TPSA) is 58.1 Å². The molecule has 2 unspecified atom stereocenters. The predicted molar refractivity (Wildman–Crippen MR) is 91.5 cm³/mol. The highest BCUT2D eigenvalue weighted by molar-refractivity contribution is 5.76. The van der Waals surface area contributed by atoms with Crippen molar-refractivity contribution in [1.29, 1.82) is 0 Å². The molecular weight excluding hydrogens is 300 g/mol. The van der Waals surface area contributed by atoms with Gasteiger partial charge in [0.25, 0.3) is 0 Å². The first kappa shape index (κ1) is 15.1. The molecule has 124 valence electrons. The minimum Gasteiger partial charge on any atom is -0.338 e. The standard InChI is InChI=1S/C19H22N4O/c24-19(21-10-4-7-14-5-2-1-3-6-14)23-15-8-9-18(23)16-12-20-13-22-17(16)11-15/h1-3,5-6,12-13,15,18H,4,7-11H2,(H,21,24). The van der Waals surface area contributed by atoms with E-state index in [1.54, 1.807) is 6.33 Å². The molecule has 1 aromatic carbocycles. The number of nitrogens with zero attached hydrogens (tertiary/aromatic N) is 3. The van der Waals surface area contributed by atoms with Gasteiger partial charge in [0.05, 0.1) is 11.7 Å². The molecule has 4 rings (SSSR count). The monoisotopic (exact) mass is 322 g/mol. The van der Waals surface area contributed by atoms with Gasteiger partial charge >= 0.3 is 6.03 Å². The van der Waals surface area contributed by atoms with Crippen LogP contribution in [0.4, 0.5) is 4.79 Å². The van der Waals surface area contributed by atoms with E-state index >= 15 is 0 Å². The lowest BCUT2D eigenvalue weighted by Crippen LogP contribution is -2.47. The summed E-state index contributed by atoms with van der Waals surface area (Å²) < 4.78 is 0. The Labute approximate surface area is 142 Å². The van der Waals surface area contributed by atoms with Crippen molar-refractivity contribution < 1.29 is 4.79 Å². The van der Waals surface area contributed by atoms with Gasteiger partial charge in [0.1, 0.15) is 6.33 Å². The molecule has 2 atom stereocenters. The summed E-state index contributed by atoms with van der Waals surface area (Å²) >= 11 is 0. The molecule has 2 aliphatic rings. The third kappa shape index (κ3) is 2.86. The molecule has 0 radical (unpaired) electrons. The molecule has 5 heteroatoms. The highest BCUT2D eigenvalue weighted by Gasteiger charge is 2.43. The van der Waals surface area contributed by atoms with E-state index < -0.39 is 0 Å². The Kier molecular flexibility index (Phi) is 4.15. The van der Waals surface area contributed by atoms with Crippen molar-refractivity contribution in [2.45, 2.75) is 44.2 Å². The highest BCUT2D eigenvalue weighted by atomic mass is 16.2. The molecule has 3 heterocycles. The van der Waals surface area contributed by atoms with Crippen molar-refractivity contribution in [3.05, 3.63) is 59.7 Å². The third-order valence-corrected chi connectivity index (χ3v) is 5.11. The Morgan fingerprint density at radius 2 is 2.12 bits per heavy atom. The number of hydrogen-bond acceptors (Lipinski definition) is 3. The molecule has 0 spiro atoms. The summed E-state index contributed by atoms with van der Waals surface area (Å²) in [4.78, 5) is 23.2. The Morgan fingerprint density at radius 3 is 3.00 bits per heavy atom. The van der Waals surface area contributed by atoms with Crippen molar-refractivity contribution >= 4 is 6.03 Å². The van der Waals surface area contributed by atoms with Gasteiger partial charge in [-0.05, 0) is 31.2 Å². The predicted octanol–water partition coefficient (Wildman–Crippen LogP) is 2.88. The molecule has 24 heavy (non-hydrogen) atoms. The molecular formula is C19H22N4O. The summed E-state index contributed by atoms with van der Waals surface area (Å²) in [5.41, 5.74) is 3.56. The van der Waals surface area contributed by atoms with E-state index in [2.05, 4.69) is 39.6 Å². The fraction of sp³-hybridized carbons (Fsp3) is 0.421. The summed E-state index contributed by atoms with van der Waals surface area (Å²) in [6.45, 7) is 0.710. The second kappa shape index (κ2) is 6.59. The van der Waals surface area contributed by atoms with Crippen LogP contribution in [0.15, 0.2) is 42.9 Å². The molecule has 2 aliphatic heterocycles. The SMILES string of the molecule is O=C(NCCCc1ccccc1)N1C2CCC1c1cncnc1C2. The Morgan fingerprint density at radius 1 is 1.25 bits per heavy atom. The van der Waals surface area contributed by atoms with Crippen LogP contribution in [-0.2, 0) is 12.8 Å². The lowest BCUT2D eigenvalue weighted by molar-refractivity contribution is 0.165. The van der Waals surface area contributed by atoms with Crippen LogP contribution < -0.4 is 5.32 Å². The number of aromatic nitrogens is 2. The van der Waals surface area contributed by atoms with Crippen LogP contribution >= 0.6 is 0 Å². The van der Waals surface area contributed by atoms with Crippen molar-refractivity contribution in [2.75, 3.05) is 6.54 Å². The van der Waals surface area contributed by atoms with Gasteiger partial charge < -0.3 is 10.2 Å². The van der Waals surface area contributed by atoms with Crippen LogP contribution in [0.5, 0.6) is 0 Å². The number of carbonyl (C=O) groups is 1. The molecule has 5 nitrogen and oxygen atoms in total. The van der Waals surface area contributed by atoms with Crippen LogP contribution in [0.25, 0.3) is 0 Å². The van der Waals surface area contributed by atoms with E-state index in [9.17, 15) is 4.79 Å². The van der Waals surface area contributed by atoms with E-state index in [0.29, 0.717) is 6.54 Å². The van der Waals surface area contributed by atoms with E-state index in [1.165, 1.54) is 5.56 Å². The van der Waals surface area contributed by atoms with Crippen molar-refractivity contribution in [3.63, 3.8) is 0 Å². The van der Waals surface area contributed by atoms with E-state index in [-0.39, 0.29) is 18.1 Å². The Hall–Kier alpha value is -2.43. The molecule has 2 bridgehead atoms. The molecule has 0 saturated carbocycles. The first-order chi connectivity index (χ1) is 11.8. The maximum Gasteiger partial charge on any atom is 0.318 e. The van der Waals surface area contributed by atoms with Crippen molar-refractivity contribution in [2.24, 2.45) is 0 Å². The number of fused-ring (bicyclic) bond motifs is 4. The van der Waals surface area contributed by atoms with Gasteiger partial charge in [-0.1, -0.05) is 30.3 Å². The number of rotatable bonds is 4. The van der Waals surface area contributed by atoms with Crippen LogP contribution in [0.2, 0.25) is 0 Å². The van der Waals surface area contributed by atoms with Gasteiger partial charge in [-0.2, -0.15) is 0 Å². The van der Waals surface area contributed by atoms with Gasteiger partial charge in [0.2, 0.25) is 0 Å². The minimum absolute atomic E-state index is 0.0602. The summed E-state index contributed by atoms with van der Waals surface area (Å²) in [7, 11) is 0. The van der Waals surface area contributed by atoms with Gasteiger partial charge in [0.15, 0.2) is 0 Å². The Bertz CT molecular complexity index is 718. The van der Waals surface area contributed by atoms with Crippen LogP contribution in [-0.4, -0.2) is 33.5 Å². The fourth-order valence-electron chi connectivity index (χ4n) is 3.96. The largest absolute Gasteiger partial charge is 0.338 e. The second-order valence-electron chi connectivity index (χ2n) is 6.60. The average molecular weight is 322 g/mol. The maximum atomic E-state index is 12.7. The molecule has 1 fully saturated rings. The lowest BCUT2D eigenvalue weighted by atomic mass is 10.00. The third-order valence-electron chi connectivity index (χ3n) is 5.11. The van der Waals surface area contributed by atoms with Crippen molar-refractivity contribution in [1.82, 2.24) is 20.2 Å². The lowest BCUT2D eigenvalue weighted by Gasteiger charge is -2.35. The van der Waals surface area contributed by atoms with Crippen LogP contribution in [0.1, 0.15) is 42.1 Å². The molecule has 2 aromatic rings. The molecule has 1 aromatic heterocycles.